The van der Waals surface area contributed by atoms with Crippen LogP contribution in [0.5, 0.6) is 0 Å². The molecule has 1 aromatic rings. The molecule has 3 unspecified atom stereocenters. The van der Waals surface area contributed by atoms with E-state index < -0.39 is 10.8 Å². The molecule has 2 N–H and O–H groups in total. The summed E-state index contributed by atoms with van der Waals surface area (Å²) in [5.41, 5.74) is 1.96. The maximum atomic E-state index is 12.0. The number of hydrogen-bond acceptors (Lipinski definition) is 3. The highest BCUT2D eigenvalue weighted by molar-refractivity contribution is 7.84. The van der Waals surface area contributed by atoms with Crippen LogP contribution in [0.1, 0.15) is 25.8 Å². The number of aryl methyl sites for hydroxylation is 1. The Labute approximate surface area is 123 Å². The average molecular weight is 296 g/mol. The van der Waals surface area contributed by atoms with Gasteiger partial charge in [-0.2, -0.15) is 0 Å². The van der Waals surface area contributed by atoms with E-state index in [4.69, 9.17) is 0 Å². The summed E-state index contributed by atoms with van der Waals surface area (Å²) in [5, 5.41) is 6.10. The maximum absolute atomic E-state index is 12.0. The first-order valence-corrected chi connectivity index (χ1v) is 8.55. The smallest absolute Gasteiger partial charge is 0.241 e. The molecule has 1 amide bonds. The second-order valence-corrected chi connectivity index (χ2v) is 6.77. The number of carbonyl (C=O) groups is 1. The topological polar surface area (TPSA) is 58.2 Å². The van der Waals surface area contributed by atoms with Crippen LogP contribution in [0.3, 0.4) is 0 Å². The van der Waals surface area contributed by atoms with Crippen LogP contribution in [0, 0.1) is 6.92 Å². The van der Waals surface area contributed by atoms with Crippen molar-refractivity contribution in [1.29, 1.82) is 0 Å². The molecule has 0 fully saturated rings. The van der Waals surface area contributed by atoms with Gasteiger partial charge >= 0.3 is 0 Å². The molecule has 0 heterocycles. The Balaban J connectivity index is 2.42. The van der Waals surface area contributed by atoms with Gasteiger partial charge in [0.1, 0.15) is 0 Å². The van der Waals surface area contributed by atoms with Crippen molar-refractivity contribution in [2.24, 2.45) is 0 Å². The van der Waals surface area contributed by atoms with Crippen molar-refractivity contribution in [3.63, 3.8) is 0 Å². The number of rotatable bonds is 7. The molecule has 0 aliphatic heterocycles. The van der Waals surface area contributed by atoms with Crippen molar-refractivity contribution in [3.8, 4) is 0 Å². The van der Waals surface area contributed by atoms with Crippen LogP contribution < -0.4 is 10.6 Å². The second kappa shape index (κ2) is 8.17. The minimum absolute atomic E-state index is 0.0571. The van der Waals surface area contributed by atoms with E-state index in [9.17, 15) is 9.00 Å². The second-order valence-electron chi connectivity index (χ2n) is 5.21. The zero-order valence-electron chi connectivity index (χ0n) is 12.6. The summed E-state index contributed by atoms with van der Waals surface area (Å²) in [6.07, 6.45) is 2.49. The van der Waals surface area contributed by atoms with Crippen LogP contribution >= 0.6 is 0 Å². The fourth-order valence-electron chi connectivity index (χ4n) is 1.82. The van der Waals surface area contributed by atoms with Gasteiger partial charge in [0.15, 0.2) is 0 Å². The molecule has 1 rings (SSSR count). The highest BCUT2D eigenvalue weighted by atomic mass is 32.2. The molecule has 0 aliphatic rings. The van der Waals surface area contributed by atoms with E-state index in [1.165, 1.54) is 0 Å². The van der Waals surface area contributed by atoms with Gasteiger partial charge in [-0.3, -0.25) is 9.00 Å². The van der Waals surface area contributed by atoms with E-state index in [0.717, 1.165) is 17.7 Å². The van der Waals surface area contributed by atoms with E-state index >= 15 is 0 Å². The van der Waals surface area contributed by atoms with Crippen LogP contribution in [0.25, 0.3) is 0 Å². The Kier molecular flexibility index (Phi) is 6.88. The summed E-state index contributed by atoms with van der Waals surface area (Å²) < 4.78 is 11.0. The van der Waals surface area contributed by atoms with E-state index in [1.807, 2.05) is 45.0 Å². The summed E-state index contributed by atoms with van der Waals surface area (Å²) in [4.78, 5) is 12.0. The molecule has 0 spiro atoms. The van der Waals surface area contributed by atoms with Crippen LogP contribution in [0.4, 0.5) is 5.69 Å². The molecule has 112 valence electrons. The number of hydrogen-bond donors (Lipinski definition) is 2. The minimum atomic E-state index is -0.786. The molecule has 0 aromatic heterocycles. The summed E-state index contributed by atoms with van der Waals surface area (Å²) in [6, 6.07) is 7.60. The predicted octanol–water partition coefficient (Wildman–Crippen LogP) is 2.07. The minimum Gasteiger partial charge on any atom is -0.325 e. The maximum Gasteiger partial charge on any atom is 0.241 e. The van der Waals surface area contributed by atoms with Crippen molar-refractivity contribution in [1.82, 2.24) is 5.32 Å². The normalized spacial score (nSPS) is 15.4. The van der Waals surface area contributed by atoms with Gasteiger partial charge in [-0.15, -0.1) is 0 Å². The Bertz CT molecular complexity index is 459. The number of nitrogens with one attached hydrogen (secondary N) is 2. The van der Waals surface area contributed by atoms with E-state index in [0.29, 0.717) is 5.75 Å². The van der Waals surface area contributed by atoms with Gasteiger partial charge in [0.25, 0.3) is 0 Å². The van der Waals surface area contributed by atoms with Gasteiger partial charge in [0.05, 0.1) is 6.04 Å². The lowest BCUT2D eigenvalue weighted by atomic mass is 10.2. The lowest BCUT2D eigenvalue weighted by molar-refractivity contribution is -0.117. The molecular weight excluding hydrogens is 272 g/mol. The summed E-state index contributed by atoms with van der Waals surface area (Å²) in [6.45, 7) is 5.85. The fraction of sp³-hybridized carbons (Fsp3) is 0.533. The largest absolute Gasteiger partial charge is 0.325 e. The van der Waals surface area contributed by atoms with Gasteiger partial charge in [-0.25, -0.2) is 0 Å². The van der Waals surface area contributed by atoms with Gasteiger partial charge in [-0.1, -0.05) is 17.7 Å². The lowest BCUT2D eigenvalue weighted by Crippen LogP contribution is -2.43. The number of anilines is 1. The molecule has 0 radical (unpaired) electrons. The van der Waals surface area contributed by atoms with Gasteiger partial charge in [-0.05, 0) is 39.3 Å². The Morgan fingerprint density at radius 1 is 1.25 bits per heavy atom. The third-order valence-electron chi connectivity index (χ3n) is 3.09. The fourth-order valence-corrected chi connectivity index (χ4v) is 2.50. The average Bonchev–Trinajstić information content (AvgIpc) is 2.39. The standard InChI is InChI=1S/C15H24N2O2S/c1-11-5-7-14(8-6-11)17-15(18)13(3)16-12(2)9-10-20(4)19/h5-8,12-13,16H,9-10H2,1-4H3,(H,17,18). The van der Waals surface area contributed by atoms with Gasteiger partial charge < -0.3 is 10.6 Å². The third kappa shape index (κ3) is 6.30. The molecule has 20 heavy (non-hydrogen) atoms. The van der Waals surface area contributed by atoms with Crippen molar-refractivity contribution in [2.75, 3.05) is 17.3 Å². The first kappa shape index (κ1) is 16.9. The molecule has 0 aliphatic carbocycles. The summed E-state index contributed by atoms with van der Waals surface area (Å²) in [5.74, 6) is 0.596. The van der Waals surface area contributed by atoms with Crippen molar-refractivity contribution < 1.29 is 9.00 Å². The van der Waals surface area contributed by atoms with E-state index in [1.54, 1.807) is 6.26 Å². The van der Waals surface area contributed by atoms with Gasteiger partial charge in [0, 0.05) is 34.5 Å². The molecule has 5 heteroatoms. The Morgan fingerprint density at radius 3 is 2.40 bits per heavy atom. The first-order chi connectivity index (χ1) is 9.38. The van der Waals surface area contributed by atoms with Crippen LogP contribution in [0.2, 0.25) is 0 Å². The van der Waals surface area contributed by atoms with E-state index in [2.05, 4.69) is 10.6 Å². The van der Waals surface area contributed by atoms with Crippen molar-refractivity contribution in [3.05, 3.63) is 29.8 Å². The van der Waals surface area contributed by atoms with E-state index in [-0.39, 0.29) is 18.0 Å². The third-order valence-corrected chi connectivity index (χ3v) is 3.90. The molecule has 3 atom stereocenters. The number of benzene rings is 1. The molecule has 0 saturated heterocycles. The van der Waals surface area contributed by atoms with Crippen LogP contribution in [0.15, 0.2) is 24.3 Å². The molecule has 0 bridgehead atoms. The van der Waals surface area contributed by atoms with Crippen molar-refractivity contribution >= 4 is 22.4 Å². The zero-order valence-corrected chi connectivity index (χ0v) is 13.4. The zero-order chi connectivity index (χ0) is 15.1. The first-order valence-electron chi connectivity index (χ1n) is 6.82. The SMILES string of the molecule is Cc1ccc(NC(=O)C(C)NC(C)CCS(C)=O)cc1. The highest BCUT2D eigenvalue weighted by Crippen LogP contribution is 2.09. The highest BCUT2D eigenvalue weighted by Gasteiger charge is 2.15. The Hall–Kier alpha value is -1.20. The molecule has 1 aromatic carbocycles. The number of carbonyl (C=O) groups excluding carboxylic acids is 1. The predicted molar refractivity (Wildman–Crippen MR) is 85.4 cm³/mol. The van der Waals surface area contributed by atoms with Crippen LogP contribution in [-0.4, -0.2) is 34.2 Å². The molecule has 0 saturated carbocycles. The number of amides is 1. The van der Waals surface area contributed by atoms with Crippen LogP contribution in [-0.2, 0) is 15.6 Å². The summed E-state index contributed by atoms with van der Waals surface area (Å²) >= 11 is 0. The monoisotopic (exact) mass is 296 g/mol. The summed E-state index contributed by atoms with van der Waals surface area (Å²) in [7, 11) is -0.786. The lowest BCUT2D eigenvalue weighted by Gasteiger charge is -2.19. The molecular formula is C15H24N2O2S. The quantitative estimate of drug-likeness (QED) is 0.810. The Morgan fingerprint density at radius 2 is 1.85 bits per heavy atom. The molecule has 4 nitrogen and oxygen atoms in total. The van der Waals surface area contributed by atoms with Gasteiger partial charge in [0.2, 0.25) is 5.91 Å². The van der Waals surface area contributed by atoms with Crippen molar-refractivity contribution in [2.45, 2.75) is 39.3 Å².